The summed E-state index contributed by atoms with van der Waals surface area (Å²) in [6.45, 7) is 1.98. The molecule has 0 spiro atoms. The van der Waals surface area contributed by atoms with E-state index in [4.69, 9.17) is 9.47 Å². The number of amides is 3. The Balaban J connectivity index is 1.86. The fourth-order valence-corrected chi connectivity index (χ4v) is 4.14. The van der Waals surface area contributed by atoms with Crippen LogP contribution in [0.2, 0.25) is 0 Å². The minimum absolute atomic E-state index is 0.115. The van der Waals surface area contributed by atoms with Crippen LogP contribution in [0.5, 0.6) is 0 Å². The summed E-state index contributed by atoms with van der Waals surface area (Å²) < 4.78 is 10.9. The van der Waals surface area contributed by atoms with E-state index in [9.17, 15) is 19.2 Å². The van der Waals surface area contributed by atoms with Crippen LogP contribution in [0, 0.1) is 0 Å². The van der Waals surface area contributed by atoms with Gasteiger partial charge >= 0.3 is 5.97 Å². The van der Waals surface area contributed by atoms with Gasteiger partial charge in [0, 0.05) is 26.6 Å². The molecule has 0 saturated carbocycles. The molecule has 9 heteroatoms. The highest BCUT2D eigenvalue weighted by Gasteiger charge is 2.32. The van der Waals surface area contributed by atoms with E-state index < -0.39 is 47.9 Å². The molecule has 0 radical (unpaired) electrons. The van der Waals surface area contributed by atoms with E-state index in [-0.39, 0.29) is 19.3 Å². The van der Waals surface area contributed by atoms with E-state index in [1.165, 1.54) is 6.92 Å². The summed E-state index contributed by atoms with van der Waals surface area (Å²) >= 11 is 0. The molecule has 0 aliphatic carbocycles. The van der Waals surface area contributed by atoms with Crippen LogP contribution in [0.1, 0.15) is 37.3 Å². The molecule has 1 saturated heterocycles. The van der Waals surface area contributed by atoms with E-state index in [1.807, 2.05) is 60.7 Å². The van der Waals surface area contributed by atoms with Gasteiger partial charge in [-0.2, -0.15) is 0 Å². The summed E-state index contributed by atoms with van der Waals surface area (Å²) in [5.74, 6) is -2.06. The van der Waals surface area contributed by atoms with Gasteiger partial charge in [-0.15, -0.1) is 0 Å². The second-order valence-corrected chi connectivity index (χ2v) is 9.19. The van der Waals surface area contributed by atoms with Gasteiger partial charge in [-0.3, -0.25) is 14.4 Å². The first kappa shape index (κ1) is 27.9. The summed E-state index contributed by atoms with van der Waals surface area (Å²) in [6.07, 6.45) is 0.566. The van der Waals surface area contributed by atoms with Crippen LogP contribution in [0.4, 0.5) is 0 Å². The molecule has 4 atom stereocenters. The lowest BCUT2D eigenvalue weighted by molar-refractivity contribution is -0.154. The van der Waals surface area contributed by atoms with Crippen molar-refractivity contribution in [3.05, 3.63) is 71.8 Å². The molecular formula is C28H35N3O6. The predicted octanol–water partition coefficient (Wildman–Crippen LogP) is 1.69. The summed E-state index contributed by atoms with van der Waals surface area (Å²) in [5, 5.41) is 8.18. The van der Waals surface area contributed by atoms with Crippen molar-refractivity contribution in [2.24, 2.45) is 0 Å². The van der Waals surface area contributed by atoms with E-state index >= 15 is 0 Å². The number of cyclic esters (lactones) is 1. The van der Waals surface area contributed by atoms with Gasteiger partial charge in [0.2, 0.25) is 17.7 Å². The number of nitrogens with one attached hydrogen (secondary N) is 3. The van der Waals surface area contributed by atoms with Gasteiger partial charge < -0.3 is 25.4 Å². The molecule has 198 valence electrons. The fraction of sp³-hybridized carbons (Fsp3) is 0.429. The van der Waals surface area contributed by atoms with Crippen LogP contribution in [0.25, 0.3) is 0 Å². The van der Waals surface area contributed by atoms with Crippen molar-refractivity contribution in [2.45, 2.75) is 63.3 Å². The number of benzene rings is 2. The number of carbonyl (C=O) groups excluding carboxylic acids is 4. The lowest BCUT2D eigenvalue weighted by atomic mass is 10.0. The average molecular weight is 510 g/mol. The molecule has 3 amide bonds. The molecule has 2 aromatic carbocycles. The zero-order valence-corrected chi connectivity index (χ0v) is 21.3. The Morgan fingerprint density at radius 3 is 2.00 bits per heavy atom. The van der Waals surface area contributed by atoms with Crippen LogP contribution in [-0.2, 0) is 41.5 Å². The Bertz CT molecular complexity index is 1050. The van der Waals surface area contributed by atoms with Crippen LogP contribution in [-0.4, -0.2) is 61.6 Å². The second kappa shape index (κ2) is 14.1. The van der Waals surface area contributed by atoms with Gasteiger partial charge in [-0.1, -0.05) is 60.7 Å². The van der Waals surface area contributed by atoms with Gasteiger partial charge in [0.05, 0.1) is 6.42 Å². The maximum atomic E-state index is 13.2. The summed E-state index contributed by atoms with van der Waals surface area (Å²) in [7, 11) is 1.57. The predicted molar refractivity (Wildman–Crippen MR) is 137 cm³/mol. The number of carbonyl (C=O) groups is 4. The van der Waals surface area contributed by atoms with E-state index in [0.717, 1.165) is 11.1 Å². The Hall–Kier alpha value is -3.72. The van der Waals surface area contributed by atoms with E-state index in [2.05, 4.69) is 16.0 Å². The van der Waals surface area contributed by atoms with Gasteiger partial charge in [0.1, 0.15) is 24.2 Å². The highest BCUT2D eigenvalue weighted by molar-refractivity contribution is 5.94. The van der Waals surface area contributed by atoms with Gasteiger partial charge in [-0.25, -0.2) is 4.79 Å². The monoisotopic (exact) mass is 509 g/mol. The van der Waals surface area contributed by atoms with Crippen LogP contribution in [0.3, 0.4) is 0 Å². The largest absolute Gasteiger partial charge is 0.460 e. The number of ether oxygens (including phenoxy) is 2. The second-order valence-electron chi connectivity index (χ2n) is 9.19. The molecular weight excluding hydrogens is 474 g/mol. The van der Waals surface area contributed by atoms with E-state index in [1.54, 1.807) is 7.11 Å². The third-order valence-electron chi connectivity index (χ3n) is 6.14. The fourth-order valence-electron chi connectivity index (χ4n) is 4.14. The lowest BCUT2D eigenvalue weighted by Crippen LogP contribution is -2.55. The molecule has 1 fully saturated rings. The average Bonchev–Trinajstić information content (AvgIpc) is 2.88. The Morgan fingerprint density at radius 1 is 0.811 bits per heavy atom. The highest BCUT2D eigenvalue weighted by atomic mass is 16.5. The molecule has 0 aromatic heterocycles. The number of methoxy groups -OCH3 is 1. The molecule has 3 N–H and O–H groups in total. The molecule has 1 aliphatic heterocycles. The first-order valence-corrected chi connectivity index (χ1v) is 12.5. The Labute approximate surface area is 217 Å². The SMILES string of the molecule is COCCC[C@@H]1CC(=O)N[C@@H](Cc2ccccc2)C(=O)N[C@@H](C)C(=O)N[C@H](Cc2ccccc2)C(=O)O1. The third kappa shape index (κ3) is 9.02. The zero-order chi connectivity index (χ0) is 26.6. The maximum absolute atomic E-state index is 13.2. The Morgan fingerprint density at radius 2 is 1.41 bits per heavy atom. The minimum Gasteiger partial charge on any atom is -0.460 e. The molecule has 1 heterocycles. The topological polar surface area (TPSA) is 123 Å². The summed E-state index contributed by atoms with van der Waals surface area (Å²) in [6, 6.07) is 15.7. The first-order valence-electron chi connectivity index (χ1n) is 12.5. The maximum Gasteiger partial charge on any atom is 0.329 e. The van der Waals surface area contributed by atoms with Crippen molar-refractivity contribution in [3.63, 3.8) is 0 Å². The molecule has 37 heavy (non-hydrogen) atoms. The highest BCUT2D eigenvalue weighted by Crippen LogP contribution is 2.13. The van der Waals surface area contributed by atoms with Crippen LogP contribution >= 0.6 is 0 Å². The zero-order valence-electron chi connectivity index (χ0n) is 21.3. The molecule has 1 aliphatic rings. The van der Waals surface area contributed by atoms with E-state index in [0.29, 0.717) is 19.4 Å². The lowest BCUT2D eigenvalue weighted by Gasteiger charge is -2.23. The molecule has 3 rings (SSSR count). The van der Waals surface area contributed by atoms with Crippen molar-refractivity contribution in [3.8, 4) is 0 Å². The van der Waals surface area contributed by atoms with Crippen LogP contribution < -0.4 is 16.0 Å². The number of hydrogen-bond donors (Lipinski definition) is 3. The van der Waals surface area contributed by atoms with Crippen molar-refractivity contribution in [1.29, 1.82) is 0 Å². The number of rotatable bonds is 8. The van der Waals surface area contributed by atoms with Crippen molar-refractivity contribution >= 4 is 23.7 Å². The summed E-state index contributed by atoms with van der Waals surface area (Å²) in [4.78, 5) is 52.3. The smallest absolute Gasteiger partial charge is 0.329 e. The van der Waals surface area contributed by atoms with Crippen molar-refractivity contribution < 1.29 is 28.7 Å². The minimum atomic E-state index is -0.983. The number of hydrogen-bond acceptors (Lipinski definition) is 6. The van der Waals surface area contributed by atoms with Crippen LogP contribution in [0.15, 0.2) is 60.7 Å². The summed E-state index contributed by atoms with van der Waals surface area (Å²) in [5.41, 5.74) is 1.69. The molecule has 0 bridgehead atoms. The van der Waals surface area contributed by atoms with Gasteiger partial charge in [-0.05, 0) is 30.9 Å². The van der Waals surface area contributed by atoms with Gasteiger partial charge in [0.25, 0.3) is 0 Å². The standard InChI is InChI=1S/C28H35N3O6/c1-19-26(33)31-24(17-21-12-7-4-8-13-21)28(35)37-22(14-9-15-36-2)18-25(32)30-23(27(34)29-19)16-20-10-5-3-6-11-20/h3-8,10-13,19,22-24H,9,14-18H2,1-2H3,(H,29,34)(H,30,32)(H,31,33)/t19-,22+,23-,24+/m0/s1. The quantitative estimate of drug-likeness (QED) is 0.368. The third-order valence-corrected chi connectivity index (χ3v) is 6.14. The Kier molecular flexibility index (Phi) is 10.6. The molecule has 0 unspecified atom stereocenters. The molecule has 2 aromatic rings. The number of esters is 1. The first-order chi connectivity index (χ1) is 17.9. The molecule has 9 nitrogen and oxygen atoms in total. The van der Waals surface area contributed by atoms with Crippen molar-refractivity contribution in [1.82, 2.24) is 16.0 Å². The van der Waals surface area contributed by atoms with Gasteiger partial charge in [0.15, 0.2) is 0 Å². The van der Waals surface area contributed by atoms with Crippen molar-refractivity contribution in [2.75, 3.05) is 13.7 Å². The normalized spacial score (nSPS) is 23.4.